The Labute approximate surface area is 180 Å². The van der Waals surface area contributed by atoms with Gasteiger partial charge in [-0.2, -0.15) is 5.01 Å². The van der Waals surface area contributed by atoms with E-state index in [2.05, 4.69) is 21.4 Å². The number of thioether (sulfide) groups is 1. The Bertz CT molecular complexity index is 994. The normalized spacial score (nSPS) is 15.1. The third-order valence-electron chi connectivity index (χ3n) is 3.83. The molecule has 6 nitrogen and oxygen atoms in total. The highest BCUT2D eigenvalue weighted by molar-refractivity contribution is 9.10. The van der Waals surface area contributed by atoms with Gasteiger partial charge in [-0.15, -0.1) is 0 Å². The minimum atomic E-state index is -0.434. The van der Waals surface area contributed by atoms with Gasteiger partial charge in [0, 0.05) is 4.47 Å². The van der Waals surface area contributed by atoms with Gasteiger partial charge in [-0.1, -0.05) is 30.0 Å². The van der Waals surface area contributed by atoms with E-state index in [1.54, 1.807) is 62.8 Å². The number of methoxy groups -OCH3 is 2. The van der Waals surface area contributed by atoms with Crippen LogP contribution >= 0.6 is 39.9 Å². The van der Waals surface area contributed by atoms with Crippen LogP contribution < -0.4 is 14.9 Å². The number of nitrogens with zero attached hydrogens (tertiary/aromatic N) is 1. The van der Waals surface area contributed by atoms with Gasteiger partial charge >= 0.3 is 0 Å². The lowest BCUT2D eigenvalue weighted by Gasteiger charge is -2.16. The average molecular weight is 479 g/mol. The van der Waals surface area contributed by atoms with Gasteiger partial charge in [0.1, 0.15) is 0 Å². The summed E-state index contributed by atoms with van der Waals surface area (Å²) in [6.45, 7) is 0. The van der Waals surface area contributed by atoms with Gasteiger partial charge < -0.3 is 9.47 Å². The minimum absolute atomic E-state index is 0.247. The summed E-state index contributed by atoms with van der Waals surface area (Å²) in [6.07, 6.45) is 1.69. The van der Waals surface area contributed by atoms with E-state index in [1.807, 2.05) is 0 Å². The lowest BCUT2D eigenvalue weighted by Crippen LogP contribution is -2.44. The first kappa shape index (κ1) is 20.4. The Balaban J connectivity index is 1.81. The van der Waals surface area contributed by atoms with E-state index in [4.69, 9.17) is 21.7 Å². The second-order valence-corrected chi connectivity index (χ2v) is 8.08. The third kappa shape index (κ3) is 4.21. The van der Waals surface area contributed by atoms with Crippen molar-refractivity contribution in [2.24, 2.45) is 0 Å². The van der Waals surface area contributed by atoms with E-state index in [1.165, 1.54) is 0 Å². The first-order valence-electron chi connectivity index (χ1n) is 8.00. The minimum Gasteiger partial charge on any atom is -0.493 e. The third-order valence-corrected chi connectivity index (χ3v) is 5.82. The van der Waals surface area contributed by atoms with Crippen LogP contribution in [0, 0.1) is 0 Å². The zero-order chi connectivity index (χ0) is 20.3. The Morgan fingerprint density at radius 3 is 2.57 bits per heavy atom. The molecule has 0 radical (unpaired) electrons. The fourth-order valence-corrected chi connectivity index (χ4v) is 4.11. The Morgan fingerprint density at radius 2 is 1.89 bits per heavy atom. The molecule has 1 aliphatic rings. The van der Waals surface area contributed by atoms with Crippen LogP contribution in [0.3, 0.4) is 0 Å². The summed E-state index contributed by atoms with van der Waals surface area (Å²) in [5, 5.41) is 1.08. The largest absolute Gasteiger partial charge is 0.493 e. The maximum atomic E-state index is 12.7. The quantitative estimate of drug-likeness (QED) is 0.517. The predicted octanol–water partition coefficient (Wildman–Crippen LogP) is 4.01. The number of hydrogen-bond acceptors (Lipinski definition) is 6. The fourth-order valence-electron chi connectivity index (χ4n) is 2.47. The molecule has 1 heterocycles. The number of hydrazine groups is 1. The fraction of sp³-hybridized carbons (Fsp3) is 0.105. The summed E-state index contributed by atoms with van der Waals surface area (Å²) in [6, 6.07) is 12.2. The number of amides is 2. The molecule has 1 fully saturated rings. The van der Waals surface area contributed by atoms with Crippen LogP contribution in [0.2, 0.25) is 0 Å². The molecule has 0 spiro atoms. The summed E-state index contributed by atoms with van der Waals surface area (Å²) in [5.74, 6) is 0.309. The summed E-state index contributed by atoms with van der Waals surface area (Å²) in [7, 11) is 3.09. The summed E-state index contributed by atoms with van der Waals surface area (Å²) >= 11 is 9.69. The van der Waals surface area contributed by atoms with Crippen molar-refractivity contribution in [2.45, 2.75) is 0 Å². The lowest BCUT2D eigenvalue weighted by molar-refractivity contribution is -0.123. The summed E-state index contributed by atoms with van der Waals surface area (Å²) < 4.78 is 11.4. The Morgan fingerprint density at radius 1 is 1.18 bits per heavy atom. The number of benzene rings is 2. The molecular formula is C19H15BrN2O4S2. The van der Waals surface area contributed by atoms with Crippen molar-refractivity contribution in [3.8, 4) is 11.5 Å². The van der Waals surface area contributed by atoms with E-state index in [0.29, 0.717) is 26.4 Å². The lowest BCUT2D eigenvalue weighted by atomic mass is 10.2. The average Bonchev–Trinajstić information content (AvgIpc) is 2.95. The number of carbonyl (C=O) groups excluding carboxylic acids is 2. The van der Waals surface area contributed by atoms with Gasteiger partial charge in [0.25, 0.3) is 11.8 Å². The number of carbonyl (C=O) groups is 2. The van der Waals surface area contributed by atoms with E-state index >= 15 is 0 Å². The highest BCUT2D eigenvalue weighted by atomic mass is 79.9. The van der Waals surface area contributed by atoms with Crippen LogP contribution in [-0.2, 0) is 4.79 Å². The van der Waals surface area contributed by atoms with Crippen LogP contribution in [0.4, 0.5) is 0 Å². The molecule has 1 saturated heterocycles. The molecule has 2 amide bonds. The number of thiocarbonyl (C=S) groups is 1. The van der Waals surface area contributed by atoms with Crippen molar-refractivity contribution in [1.82, 2.24) is 10.4 Å². The second-order valence-electron chi connectivity index (χ2n) is 5.55. The van der Waals surface area contributed by atoms with Crippen molar-refractivity contribution < 1.29 is 19.1 Å². The number of ether oxygens (including phenoxy) is 2. The first-order chi connectivity index (χ1) is 13.4. The SMILES string of the molecule is COc1ccc(/C=C2\SC(=S)N(NC(=O)c3ccccc3Br)C2=O)cc1OC. The van der Waals surface area contributed by atoms with Crippen LogP contribution in [-0.4, -0.2) is 35.4 Å². The van der Waals surface area contributed by atoms with Gasteiger partial charge in [0.2, 0.25) is 0 Å². The van der Waals surface area contributed by atoms with Gasteiger partial charge in [-0.05, 0) is 64.1 Å². The molecule has 28 heavy (non-hydrogen) atoms. The molecule has 1 N–H and O–H groups in total. The number of nitrogens with one attached hydrogen (secondary N) is 1. The second kappa shape index (κ2) is 8.76. The number of halogens is 1. The standard InChI is InChI=1S/C19H15BrN2O4S2/c1-25-14-8-7-11(9-15(14)26-2)10-16-18(24)22(19(27)28-16)21-17(23)12-5-3-4-6-13(12)20/h3-10H,1-2H3,(H,21,23)/b16-10-. The molecule has 1 aliphatic heterocycles. The van der Waals surface area contributed by atoms with Crippen molar-refractivity contribution in [3.63, 3.8) is 0 Å². The highest BCUT2D eigenvalue weighted by Crippen LogP contribution is 2.34. The maximum absolute atomic E-state index is 12.7. The van der Waals surface area contributed by atoms with Gasteiger partial charge in [-0.25, -0.2) is 0 Å². The predicted molar refractivity (Wildman–Crippen MR) is 116 cm³/mol. The van der Waals surface area contributed by atoms with E-state index in [9.17, 15) is 9.59 Å². The van der Waals surface area contributed by atoms with E-state index in [-0.39, 0.29) is 4.32 Å². The van der Waals surface area contributed by atoms with Gasteiger partial charge in [0.15, 0.2) is 15.8 Å². The molecule has 0 aliphatic carbocycles. The molecule has 144 valence electrons. The van der Waals surface area contributed by atoms with Crippen molar-refractivity contribution in [3.05, 3.63) is 63.0 Å². The molecule has 0 saturated carbocycles. The van der Waals surface area contributed by atoms with Crippen LogP contribution in [0.5, 0.6) is 11.5 Å². The summed E-state index contributed by atoms with van der Waals surface area (Å²) in [4.78, 5) is 25.6. The molecule has 9 heteroatoms. The monoisotopic (exact) mass is 478 g/mol. The topological polar surface area (TPSA) is 67.9 Å². The van der Waals surface area contributed by atoms with Crippen molar-refractivity contribution >= 4 is 62.1 Å². The molecular weight excluding hydrogens is 464 g/mol. The molecule has 2 aromatic rings. The Hall–Kier alpha value is -2.36. The molecule has 3 rings (SSSR count). The van der Waals surface area contributed by atoms with Gasteiger partial charge in [-0.3, -0.25) is 15.0 Å². The smallest absolute Gasteiger partial charge is 0.285 e. The van der Waals surface area contributed by atoms with Crippen LogP contribution in [0.1, 0.15) is 15.9 Å². The molecule has 0 bridgehead atoms. The van der Waals surface area contributed by atoms with Crippen molar-refractivity contribution in [1.29, 1.82) is 0 Å². The van der Waals surface area contributed by atoms with Crippen molar-refractivity contribution in [2.75, 3.05) is 14.2 Å². The zero-order valence-electron chi connectivity index (χ0n) is 14.9. The number of rotatable bonds is 5. The molecule has 0 aromatic heterocycles. The van der Waals surface area contributed by atoms with Crippen LogP contribution in [0.15, 0.2) is 51.8 Å². The first-order valence-corrected chi connectivity index (χ1v) is 10.0. The maximum Gasteiger partial charge on any atom is 0.285 e. The van der Waals surface area contributed by atoms with E-state index in [0.717, 1.165) is 22.3 Å². The molecule has 2 aromatic carbocycles. The molecule has 0 atom stereocenters. The van der Waals surface area contributed by atoms with E-state index < -0.39 is 11.8 Å². The highest BCUT2D eigenvalue weighted by Gasteiger charge is 2.34. The van der Waals surface area contributed by atoms with Crippen LogP contribution in [0.25, 0.3) is 6.08 Å². The zero-order valence-corrected chi connectivity index (χ0v) is 18.1. The van der Waals surface area contributed by atoms with Gasteiger partial charge in [0.05, 0.1) is 24.7 Å². The summed E-state index contributed by atoms with van der Waals surface area (Å²) in [5.41, 5.74) is 3.71. The number of hydrogen-bond donors (Lipinski definition) is 1. The molecule has 0 unspecified atom stereocenters. The Kier molecular flexibility index (Phi) is 6.38.